The lowest BCUT2D eigenvalue weighted by atomic mass is 10.1. The van der Waals surface area contributed by atoms with E-state index in [4.69, 9.17) is 11.6 Å². The third-order valence-electron chi connectivity index (χ3n) is 4.74. The average molecular weight is 422 g/mol. The van der Waals surface area contributed by atoms with Crippen LogP contribution in [0.25, 0.3) is 5.82 Å². The molecule has 150 valence electrons. The fourth-order valence-electron chi connectivity index (χ4n) is 3.29. The number of hydrogen-bond donors (Lipinski definition) is 0. The topological polar surface area (TPSA) is 63.9 Å². The number of aromatic nitrogens is 4. The summed E-state index contributed by atoms with van der Waals surface area (Å²) in [5.41, 5.74) is 1.21. The normalized spacial score (nSPS) is 14.0. The first-order chi connectivity index (χ1) is 13.8. The van der Waals surface area contributed by atoms with E-state index < -0.39 is 22.7 Å². The van der Waals surface area contributed by atoms with Crippen LogP contribution in [0.1, 0.15) is 32.9 Å². The van der Waals surface area contributed by atoms with E-state index >= 15 is 0 Å². The molecule has 0 saturated carbocycles. The van der Waals surface area contributed by atoms with Gasteiger partial charge in [-0.25, -0.2) is 4.98 Å². The van der Waals surface area contributed by atoms with Crippen molar-refractivity contribution < 1.29 is 18.0 Å². The minimum atomic E-state index is -4.63. The molecule has 10 heteroatoms. The first kappa shape index (κ1) is 19.4. The van der Waals surface area contributed by atoms with Crippen LogP contribution in [0.5, 0.6) is 0 Å². The standard InChI is InChI=1S/C19H15ClF3N5O/c1-11-5-7-24-16(9-11)28-15-6-8-27(10-14(15)25-26-28)18(29)12-3-2-4-13(17(12)20)19(21,22)23/h2-5,7,9H,6,8,10H2,1H3. The van der Waals surface area contributed by atoms with Crippen LogP contribution in [0.3, 0.4) is 0 Å². The molecule has 0 unspecified atom stereocenters. The van der Waals surface area contributed by atoms with Crippen LogP contribution in [0.15, 0.2) is 36.5 Å². The second kappa shape index (κ2) is 7.14. The van der Waals surface area contributed by atoms with E-state index in [0.29, 0.717) is 24.5 Å². The van der Waals surface area contributed by atoms with Crippen LogP contribution in [0.4, 0.5) is 13.2 Å². The maximum Gasteiger partial charge on any atom is 0.417 e. The lowest BCUT2D eigenvalue weighted by Gasteiger charge is -2.27. The number of pyridine rings is 1. The maximum atomic E-state index is 13.1. The first-order valence-corrected chi connectivity index (χ1v) is 9.15. The molecule has 1 aliphatic heterocycles. The molecule has 29 heavy (non-hydrogen) atoms. The molecule has 3 aromatic rings. The van der Waals surface area contributed by atoms with Crippen molar-refractivity contribution in [2.45, 2.75) is 26.1 Å². The van der Waals surface area contributed by atoms with E-state index in [1.54, 1.807) is 10.9 Å². The molecule has 4 rings (SSSR count). The number of aryl methyl sites for hydroxylation is 1. The van der Waals surface area contributed by atoms with Crippen LogP contribution < -0.4 is 0 Å². The zero-order chi connectivity index (χ0) is 20.8. The maximum absolute atomic E-state index is 13.1. The summed E-state index contributed by atoms with van der Waals surface area (Å²) >= 11 is 5.90. The van der Waals surface area contributed by atoms with Gasteiger partial charge in [0, 0.05) is 19.2 Å². The lowest BCUT2D eigenvalue weighted by molar-refractivity contribution is -0.137. The zero-order valence-electron chi connectivity index (χ0n) is 15.2. The van der Waals surface area contributed by atoms with Crippen LogP contribution >= 0.6 is 11.6 Å². The van der Waals surface area contributed by atoms with E-state index in [1.165, 1.54) is 17.0 Å². The van der Waals surface area contributed by atoms with Gasteiger partial charge in [0.05, 0.1) is 28.4 Å². The van der Waals surface area contributed by atoms with Gasteiger partial charge in [-0.2, -0.15) is 17.9 Å². The summed E-state index contributed by atoms with van der Waals surface area (Å²) in [5, 5.41) is 7.67. The highest BCUT2D eigenvalue weighted by atomic mass is 35.5. The molecule has 0 bridgehead atoms. The summed E-state index contributed by atoms with van der Waals surface area (Å²) in [6, 6.07) is 7.06. The quantitative estimate of drug-likeness (QED) is 0.630. The Labute approximate surface area is 168 Å². The van der Waals surface area contributed by atoms with Crippen molar-refractivity contribution in [2.75, 3.05) is 6.54 Å². The van der Waals surface area contributed by atoms with Gasteiger partial charge in [-0.05, 0) is 36.8 Å². The Bertz CT molecular complexity index is 1100. The molecule has 0 aliphatic carbocycles. The van der Waals surface area contributed by atoms with Gasteiger partial charge in [-0.15, -0.1) is 5.10 Å². The third kappa shape index (κ3) is 3.57. The van der Waals surface area contributed by atoms with Crippen molar-refractivity contribution in [3.63, 3.8) is 0 Å². The second-order valence-electron chi connectivity index (χ2n) is 6.73. The molecular weight excluding hydrogens is 407 g/mol. The summed E-state index contributed by atoms with van der Waals surface area (Å²) < 4.78 is 40.9. The first-order valence-electron chi connectivity index (χ1n) is 8.77. The van der Waals surface area contributed by atoms with Crippen molar-refractivity contribution >= 4 is 17.5 Å². The number of carbonyl (C=O) groups is 1. The van der Waals surface area contributed by atoms with Crippen LogP contribution in [0, 0.1) is 6.92 Å². The van der Waals surface area contributed by atoms with Crippen molar-refractivity contribution in [3.8, 4) is 5.82 Å². The molecule has 1 aliphatic rings. The van der Waals surface area contributed by atoms with Gasteiger partial charge in [0.2, 0.25) is 0 Å². The SMILES string of the molecule is Cc1ccnc(-n2nnc3c2CCN(C(=O)c2cccc(C(F)(F)F)c2Cl)C3)c1. The number of halogens is 4. The van der Waals surface area contributed by atoms with Gasteiger partial charge in [-0.1, -0.05) is 22.9 Å². The predicted octanol–water partition coefficient (Wildman–Crippen LogP) is 3.84. The molecule has 3 heterocycles. The monoisotopic (exact) mass is 421 g/mol. The van der Waals surface area contributed by atoms with Gasteiger partial charge in [0.15, 0.2) is 5.82 Å². The Morgan fingerprint density at radius 1 is 1.24 bits per heavy atom. The highest BCUT2D eigenvalue weighted by Gasteiger charge is 2.36. The van der Waals surface area contributed by atoms with Gasteiger partial charge in [0.25, 0.3) is 5.91 Å². The zero-order valence-corrected chi connectivity index (χ0v) is 16.0. The number of fused-ring (bicyclic) bond motifs is 1. The molecule has 0 saturated heterocycles. The summed E-state index contributed by atoms with van der Waals surface area (Å²) in [6.07, 6.45) is -2.51. The van der Waals surface area contributed by atoms with E-state index in [9.17, 15) is 18.0 Å². The number of benzene rings is 1. The summed E-state index contributed by atoms with van der Waals surface area (Å²) in [6.45, 7) is 2.37. The van der Waals surface area contributed by atoms with Crippen molar-refractivity contribution in [1.29, 1.82) is 0 Å². The Morgan fingerprint density at radius 3 is 2.76 bits per heavy atom. The second-order valence-corrected chi connectivity index (χ2v) is 7.11. The minimum Gasteiger partial charge on any atom is -0.332 e. The lowest BCUT2D eigenvalue weighted by Crippen LogP contribution is -2.36. The molecule has 1 aromatic carbocycles. The van der Waals surface area contributed by atoms with E-state index in [0.717, 1.165) is 17.3 Å². The molecular formula is C19H15ClF3N5O. The molecule has 0 fully saturated rings. The largest absolute Gasteiger partial charge is 0.417 e. The molecule has 1 amide bonds. The van der Waals surface area contributed by atoms with Crippen molar-refractivity contribution in [1.82, 2.24) is 24.9 Å². The molecule has 0 atom stereocenters. The van der Waals surface area contributed by atoms with Crippen LogP contribution in [-0.2, 0) is 19.1 Å². The summed E-state index contributed by atoms with van der Waals surface area (Å²) in [5.74, 6) is 0.0504. The average Bonchev–Trinajstić information content (AvgIpc) is 3.10. The van der Waals surface area contributed by atoms with Gasteiger partial charge in [-0.3, -0.25) is 4.79 Å². The highest BCUT2D eigenvalue weighted by molar-refractivity contribution is 6.34. The molecule has 6 nitrogen and oxygen atoms in total. The minimum absolute atomic E-state index is 0.132. The van der Waals surface area contributed by atoms with E-state index in [-0.39, 0.29) is 12.1 Å². The fraction of sp³-hybridized carbons (Fsp3) is 0.263. The van der Waals surface area contributed by atoms with Gasteiger partial charge < -0.3 is 4.90 Å². The summed E-state index contributed by atoms with van der Waals surface area (Å²) in [7, 11) is 0. The fourth-order valence-corrected chi connectivity index (χ4v) is 3.60. The van der Waals surface area contributed by atoms with Crippen molar-refractivity contribution in [2.24, 2.45) is 0 Å². The van der Waals surface area contributed by atoms with Crippen LogP contribution in [0.2, 0.25) is 5.02 Å². The van der Waals surface area contributed by atoms with E-state index in [2.05, 4.69) is 15.3 Å². The number of rotatable bonds is 2. The molecule has 0 spiro atoms. The molecule has 2 aromatic heterocycles. The Hall–Kier alpha value is -2.94. The number of alkyl halides is 3. The molecule has 0 N–H and O–H groups in total. The smallest absolute Gasteiger partial charge is 0.332 e. The number of amides is 1. The summed E-state index contributed by atoms with van der Waals surface area (Å²) in [4.78, 5) is 18.6. The number of carbonyl (C=O) groups excluding carboxylic acids is 1. The Kier molecular flexibility index (Phi) is 4.77. The molecule has 0 radical (unpaired) electrons. The number of hydrogen-bond acceptors (Lipinski definition) is 4. The van der Waals surface area contributed by atoms with Crippen LogP contribution in [-0.4, -0.2) is 37.3 Å². The van der Waals surface area contributed by atoms with Crippen molar-refractivity contribution in [3.05, 3.63) is 69.6 Å². The predicted molar refractivity (Wildman–Crippen MR) is 98.8 cm³/mol. The highest BCUT2D eigenvalue weighted by Crippen LogP contribution is 2.36. The number of nitrogens with zero attached hydrogens (tertiary/aromatic N) is 5. The van der Waals surface area contributed by atoms with E-state index in [1.807, 2.05) is 19.1 Å². The Morgan fingerprint density at radius 2 is 2.03 bits per heavy atom. The van der Waals surface area contributed by atoms with Gasteiger partial charge >= 0.3 is 6.18 Å². The van der Waals surface area contributed by atoms with Gasteiger partial charge in [0.1, 0.15) is 5.69 Å². The Balaban J connectivity index is 1.61. The third-order valence-corrected chi connectivity index (χ3v) is 5.15.